The van der Waals surface area contributed by atoms with Crippen LogP contribution in [0.15, 0.2) is 24.3 Å². The molecule has 0 saturated heterocycles. The molecule has 2 saturated carbocycles. The quantitative estimate of drug-likeness (QED) is 0.714. The summed E-state index contributed by atoms with van der Waals surface area (Å²) in [6.45, 7) is 0. The highest BCUT2D eigenvalue weighted by Gasteiger charge is 2.49. The van der Waals surface area contributed by atoms with Gasteiger partial charge in [-0.2, -0.15) is 0 Å². The van der Waals surface area contributed by atoms with Gasteiger partial charge < -0.3 is 4.74 Å². The van der Waals surface area contributed by atoms with Crippen molar-refractivity contribution in [3.8, 4) is 18.1 Å². The van der Waals surface area contributed by atoms with Crippen LogP contribution in [0, 0.1) is 17.8 Å². The van der Waals surface area contributed by atoms with Crippen LogP contribution in [0.25, 0.3) is 0 Å². The summed E-state index contributed by atoms with van der Waals surface area (Å²) in [4.78, 5) is 0. The van der Waals surface area contributed by atoms with E-state index in [0.717, 1.165) is 23.6 Å². The highest BCUT2D eigenvalue weighted by Crippen LogP contribution is 2.58. The first-order valence-corrected chi connectivity index (χ1v) is 6.96. The minimum atomic E-state index is -0.401. The lowest BCUT2D eigenvalue weighted by atomic mass is 9.77. The van der Waals surface area contributed by atoms with E-state index in [4.69, 9.17) is 22.8 Å². The Morgan fingerprint density at radius 1 is 1.00 bits per heavy atom. The fraction of sp³-hybridized carbons (Fsp3) is 0.500. The highest BCUT2D eigenvalue weighted by molar-refractivity contribution is 6.30. The molecule has 0 amide bonds. The van der Waals surface area contributed by atoms with Crippen molar-refractivity contribution in [2.45, 2.75) is 44.1 Å². The molecular weight excluding hydrogens is 244 g/mol. The lowest BCUT2D eigenvalue weighted by Gasteiger charge is -2.36. The van der Waals surface area contributed by atoms with Crippen LogP contribution in [0.4, 0.5) is 0 Å². The SMILES string of the molecule is C#CC1(Oc2ccc(Cl)cc2)CCC2(CC2)CC1. The summed E-state index contributed by atoms with van der Waals surface area (Å²) < 4.78 is 6.07. The maximum absolute atomic E-state index is 6.07. The molecule has 0 atom stereocenters. The van der Waals surface area contributed by atoms with Gasteiger partial charge in [0.05, 0.1) is 0 Å². The van der Waals surface area contributed by atoms with Crippen LogP contribution >= 0.6 is 11.6 Å². The molecule has 2 aliphatic carbocycles. The maximum Gasteiger partial charge on any atom is 0.168 e. The van der Waals surface area contributed by atoms with E-state index in [0.29, 0.717) is 5.41 Å². The third kappa shape index (κ3) is 2.22. The van der Waals surface area contributed by atoms with Crippen molar-refractivity contribution in [1.82, 2.24) is 0 Å². The normalized spacial score (nSPS) is 23.3. The van der Waals surface area contributed by atoms with Crippen LogP contribution in [0.1, 0.15) is 38.5 Å². The summed E-state index contributed by atoms with van der Waals surface area (Å²) in [6.07, 6.45) is 12.9. The van der Waals surface area contributed by atoms with Gasteiger partial charge in [0.2, 0.25) is 0 Å². The summed E-state index contributed by atoms with van der Waals surface area (Å²) >= 11 is 5.87. The second-order valence-corrected chi connectivity index (χ2v) is 6.13. The highest BCUT2D eigenvalue weighted by atomic mass is 35.5. The van der Waals surface area contributed by atoms with Gasteiger partial charge in [-0.15, -0.1) is 6.42 Å². The van der Waals surface area contributed by atoms with E-state index >= 15 is 0 Å². The molecule has 2 fully saturated rings. The number of halogens is 1. The second kappa shape index (κ2) is 4.21. The van der Waals surface area contributed by atoms with Crippen molar-refractivity contribution in [2.24, 2.45) is 5.41 Å². The Morgan fingerprint density at radius 3 is 2.06 bits per heavy atom. The first-order chi connectivity index (χ1) is 8.65. The van der Waals surface area contributed by atoms with E-state index in [-0.39, 0.29) is 0 Å². The minimum absolute atomic E-state index is 0.401. The zero-order valence-electron chi connectivity index (χ0n) is 10.4. The molecule has 94 valence electrons. The smallest absolute Gasteiger partial charge is 0.168 e. The van der Waals surface area contributed by atoms with Gasteiger partial charge in [-0.3, -0.25) is 0 Å². The molecular formula is C16H17ClO. The van der Waals surface area contributed by atoms with Crippen LogP contribution in [-0.4, -0.2) is 5.60 Å². The standard InChI is InChI=1S/C16H17ClO/c1-2-16(11-9-15(7-8-15)10-12-16)18-14-5-3-13(17)4-6-14/h1,3-6H,7-12H2. The Bertz CT molecular complexity index is 469. The molecule has 1 aromatic carbocycles. The summed E-state index contributed by atoms with van der Waals surface area (Å²) in [6, 6.07) is 7.46. The van der Waals surface area contributed by atoms with E-state index in [1.165, 1.54) is 25.7 Å². The van der Waals surface area contributed by atoms with E-state index in [2.05, 4.69) is 5.92 Å². The van der Waals surface area contributed by atoms with E-state index in [1.807, 2.05) is 24.3 Å². The van der Waals surface area contributed by atoms with Crippen molar-refractivity contribution in [3.05, 3.63) is 29.3 Å². The van der Waals surface area contributed by atoms with Gasteiger partial charge in [0, 0.05) is 5.02 Å². The molecule has 18 heavy (non-hydrogen) atoms. The predicted molar refractivity (Wildman–Crippen MR) is 73.8 cm³/mol. The summed E-state index contributed by atoms with van der Waals surface area (Å²) in [5.41, 5.74) is 0.228. The van der Waals surface area contributed by atoms with Crippen LogP contribution in [0.2, 0.25) is 5.02 Å². The first kappa shape index (κ1) is 11.9. The third-order valence-electron chi connectivity index (χ3n) is 4.47. The number of hydrogen-bond donors (Lipinski definition) is 0. The van der Waals surface area contributed by atoms with E-state index in [9.17, 15) is 0 Å². The molecule has 0 unspecified atom stereocenters. The lowest BCUT2D eigenvalue weighted by molar-refractivity contribution is 0.0628. The molecule has 1 aromatic rings. The van der Waals surface area contributed by atoms with Crippen LogP contribution in [-0.2, 0) is 0 Å². The zero-order chi connectivity index (χ0) is 12.6. The van der Waals surface area contributed by atoms with Crippen LogP contribution in [0.5, 0.6) is 5.75 Å². The Kier molecular flexibility index (Phi) is 2.79. The minimum Gasteiger partial charge on any atom is -0.475 e. The van der Waals surface area contributed by atoms with Crippen molar-refractivity contribution >= 4 is 11.6 Å². The van der Waals surface area contributed by atoms with Crippen molar-refractivity contribution in [3.63, 3.8) is 0 Å². The first-order valence-electron chi connectivity index (χ1n) is 6.58. The van der Waals surface area contributed by atoms with E-state index in [1.54, 1.807) is 0 Å². The van der Waals surface area contributed by atoms with Gasteiger partial charge in [0.25, 0.3) is 0 Å². The summed E-state index contributed by atoms with van der Waals surface area (Å²) in [5, 5.41) is 0.720. The average Bonchev–Trinajstić information content (AvgIpc) is 3.16. The molecule has 2 heteroatoms. The topological polar surface area (TPSA) is 9.23 Å². The van der Waals surface area contributed by atoms with Gasteiger partial charge >= 0.3 is 0 Å². The molecule has 0 N–H and O–H groups in total. The average molecular weight is 261 g/mol. The zero-order valence-corrected chi connectivity index (χ0v) is 11.2. The molecule has 1 spiro atoms. The van der Waals surface area contributed by atoms with Gasteiger partial charge in [0.1, 0.15) is 5.75 Å². The monoisotopic (exact) mass is 260 g/mol. The molecule has 0 heterocycles. The molecule has 1 nitrogen and oxygen atoms in total. The van der Waals surface area contributed by atoms with Crippen molar-refractivity contribution in [2.75, 3.05) is 0 Å². The molecule has 2 aliphatic rings. The van der Waals surface area contributed by atoms with Gasteiger partial charge in [-0.1, -0.05) is 17.5 Å². The van der Waals surface area contributed by atoms with Gasteiger partial charge in [-0.25, -0.2) is 0 Å². The Balaban J connectivity index is 1.72. The Morgan fingerprint density at radius 2 is 1.56 bits per heavy atom. The number of rotatable bonds is 2. The second-order valence-electron chi connectivity index (χ2n) is 5.69. The van der Waals surface area contributed by atoms with E-state index < -0.39 is 5.60 Å². The fourth-order valence-electron chi connectivity index (χ4n) is 2.87. The van der Waals surface area contributed by atoms with Gasteiger partial charge in [-0.05, 0) is 68.2 Å². The Hall–Kier alpha value is -1.13. The Labute approximate surface area is 113 Å². The van der Waals surface area contributed by atoms with Crippen LogP contribution < -0.4 is 4.74 Å². The van der Waals surface area contributed by atoms with Crippen molar-refractivity contribution < 1.29 is 4.74 Å². The molecule has 0 aliphatic heterocycles. The number of terminal acetylenes is 1. The summed E-state index contributed by atoms with van der Waals surface area (Å²) in [7, 11) is 0. The fourth-order valence-corrected chi connectivity index (χ4v) is 2.99. The van der Waals surface area contributed by atoms with Gasteiger partial charge in [0.15, 0.2) is 5.60 Å². The largest absolute Gasteiger partial charge is 0.475 e. The third-order valence-corrected chi connectivity index (χ3v) is 4.72. The molecule has 0 radical (unpaired) electrons. The molecule has 0 aromatic heterocycles. The molecule has 3 rings (SSSR count). The number of ether oxygens (including phenoxy) is 1. The predicted octanol–water partition coefficient (Wildman–Crippen LogP) is 4.45. The molecule has 0 bridgehead atoms. The lowest BCUT2D eigenvalue weighted by Crippen LogP contribution is -2.39. The number of benzene rings is 1. The summed E-state index contributed by atoms with van der Waals surface area (Å²) in [5.74, 6) is 3.71. The number of hydrogen-bond acceptors (Lipinski definition) is 1. The van der Waals surface area contributed by atoms with Crippen molar-refractivity contribution in [1.29, 1.82) is 0 Å². The maximum atomic E-state index is 6.07. The van der Waals surface area contributed by atoms with Crippen LogP contribution in [0.3, 0.4) is 0 Å².